The Kier molecular flexibility index (Phi) is 5.04. The van der Waals surface area contributed by atoms with Crippen LogP contribution in [0, 0.1) is 0 Å². The van der Waals surface area contributed by atoms with E-state index in [1.165, 1.54) is 5.56 Å². The van der Waals surface area contributed by atoms with Gasteiger partial charge in [-0.15, -0.1) is 0 Å². The van der Waals surface area contributed by atoms with Gasteiger partial charge in [0.15, 0.2) is 0 Å². The lowest BCUT2D eigenvalue weighted by Crippen LogP contribution is -2.26. The number of ether oxygens (including phenoxy) is 1. The Balaban J connectivity index is 1.59. The van der Waals surface area contributed by atoms with E-state index in [0.717, 1.165) is 24.3 Å². The third-order valence-corrected chi connectivity index (χ3v) is 4.28. The summed E-state index contributed by atoms with van der Waals surface area (Å²) < 4.78 is 5.38. The largest absolute Gasteiger partial charge is 0.368 e. The van der Waals surface area contributed by atoms with Crippen LogP contribution in [0.3, 0.4) is 0 Å². The van der Waals surface area contributed by atoms with Gasteiger partial charge >= 0.3 is 0 Å². The molecule has 1 aliphatic rings. The molecule has 3 rings (SSSR count). The summed E-state index contributed by atoms with van der Waals surface area (Å²) in [6, 6.07) is 12.0. The number of hydrogen-bond donors (Lipinski definition) is 2. The number of hydrogen-bond acceptors (Lipinski definition) is 4. The number of carbonyl (C=O) groups excluding carboxylic acids is 1. The Bertz CT molecular complexity index is 712. The van der Waals surface area contributed by atoms with Crippen LogP contribution < -0.4 is 10.6 Å². The highest BCUT2D eigenvalue weighted by molar-refractivity contribution is 5.94. The Hall–Kier alpha value is -2.40. The van der Waals surface area contributed by atoms with Gasteiger partial charge in [0.05, 0.1) is 11.9 Å². The summed E-state index contributed by atoms with van der Waals surface area (Å²) in [7, 11) is 0. The second kappa shape index (κ2) is 7.23. The molecule has 1 saturated heterocycles. The minimum Gasteiger partial charge on any atom is -0.368 e. The van der Waals surface area contributed by atoms with E-state index >= 15 is 0 Å². The summed E-state index contributed by atoms with van der Waals surface area (Å²) in [5.74, 6) is 0.636. The monoisotopic (exact) mass is 339 g/mol. The normalized spacial score (nSPS) is 17.3. The van der Waals surface area contributed by atoms with Gasteiger partial charge in [0.2, 0.25) is 0 Å². The highest BCUT2D eigenvalue weighted by atomic mass is 16.5. The molecule has 1 aromatic heterocycles. The SMILES string of the molecule is CC(C)(C)c1ccc(Nc2ccc(NC(=O)C3CCCO3)cn2)cc1. The molecule has 1 atom stereocenters. The van der Waals surface area contributed by atoms with E-state index in [2.05, 4.69) is 60.7 Å². The van der Waals surface area contributed by atoms with Crippen molar-refractivity contribution in [1.82, 2.24) is 4.98 Å². The smallest absolute Gasteiger partial charge is 0.253 e. The molecule has 5 heteroatoms. The maximum Gasteiger partial charge on any atom is 0.253 e. The quantitative estimate of drug-likeness (QED) is 0.874. The molecule has 1 fully saturated rings. The van der Waals surface area contributed by atoms with E-state index in [0.29, 0.717) is 12.3 Å². The second-order valence-electron chi connectivity index (χ2n) is 7.38. The van der Waals surface area contributed by atoms with Crippen molar-refractivity contribution < 1.29 is 9.53 Å². The molecule has 132 valence electrons. The van der Waals surface area contributed by atoms with E-state index in [1.54, 1.807) is 6.20 Å². The number of pyridine rings is 1. The number of carbonyl (C=O) groups is 1. The third kappa shape index (κ3) is 4.57. The predicted octanol–water partition coefficient (Wildman–Crippen LogP) is 4.24. The summed E-state index contributed by atoms with van der Waals surface area (Å²) >= 11 is 0. The Morgan fingerprint density at radius 2 is 1.84 bits per heavy atom. The third-order valence-electron chi connectivity index (χ3n) is 4.28. The van der Waals surface area contributed by atoms with Gasteiger partial charge in [-0.05, 0) is 48.1 Å². The first kappa shape index (κ1) is 17.4. The fourth-order valence-corrected chi connectivity index (χ4v) is 2.75. The number of rotatable bonds is 4. The topological polar surface area (TPSA) is 63.2 Å². The minimum absolute atomic E-state index is 0.0993. The van der Waals surface area contributed by atoms with Gasteiger partial charge in [-0.25, -0.2) is 4.98 Å². The summed E-state index contributed by atoms with van der Waals surface area (Å²) in [4.78, 5) is 16.4. The fourth-order valence-electron chi connectivity index (χ4n) is 2.75. The Morgan fingerprint density at radius 1 is 1.12 bits per heavy atom. The lowest BCUT2D eigenvalue weighted by Gasteiger charge is -2.19. The molecule has 0 aliphatic carbocycles. The highest BCUT2D eigenvalue weighted by Crippen LogP contribution is 2.24. The molecule has 1 aromatic carbocycles. The van der Waals surface area contributed by atoms with Crippen LogP contribution in [0.2, 0.25) is 0 Å². The van der Waals surface area contributed by atoms with Gasteiger partial charge in [-0.3, -0.25) is 4.79 Å². The Morgan fingerprint density at radius 3 is 2.40 bits per heavy atom. The number of nitrogens with zero attached hydrogens (tertiary/aromatic N) is 1. The number of anilines is 3. The van der Waals surface area contributed by atoms with Crippen molar-refractivity contribution in [2.75, 3.05) is 17.2 Å². The Labute approximate surface area is 148 Å². The molecule has 0 saturated carbocycles. The van der Waals surface area contributed by atoms with Gasteiger partial charge in [0.25, 0.3) is 5.91 Å². The van der Waals surface area contributed by atoms with Gasteiger partial charge in [0.1, 0.15) is 11.9 Å². The summed E-state index contributed by atoms with van der Waals surface area (Å²) in [6.45, 7) is 7.25. The molecule has 1 unspecified atom stereocenters. The average molecular weight is 339 g/mol. The molecule has 0 bridgehead atoms. The first-order valence-electron chi connectivity index (χ1n) is 8.68. The number of nitrogens with one attached hydrogen (secondary N) is 2. The summed E-state index contributed by atoms with van der Waals surface area (Å²) in [6.07, 6.45) is 3.04. The van der Waals surface area contributed by atoms with E-state index < -0.39 is 0 Å². The molecule has 0 spiro atoms. The molecular weight excluding hydrogens is 314 g/mol. The standard InChI is InChI=1S/C20H25N3O2/c1-20(2,3)14-6-8-15(9-7-14)22-18-11-10-16(13-21-18)23-19(24)17-5-4-12-25-17/h6-11,13,17H,4-5,12H2,1-3H3,(H,21,22)(H,23,24). The van der Waals surface area contributed by atoms with Crippen LogP contribution in [0.15, 0.2) is 42.6 Å². The molecule has 0 radical (unpaired) electrons. The molecule has 2 aromatic rings. The lowest BCUT2D eigenvalue weighted by atomic mass is 9.87. The van der Waals surface area contributed by atoms with Crippen molar-refractivity contribution >= 4 is 23.1 Å². The molecular formula is C20H25N3O2. The summed E-state index contributed by atoms with van der Waals surface area (Å²) in [5, 5.41) is 6.11. The molecule has 1 aliphatic heterocycles. The molecule has 2 heterocycles. The van der Waals surface area contributed by atoms with Crippen LogP contribution in [-0.4, -0.2) is 23.6 Å². The maximum absolute atomic E-state index is 12.0. The average Bonchev–Trinajstić information content (AvgIpc) is 3.11. The van der Waals surface area contributed by atoms with Crippen LogP contribution in [-0.2, 0) is 14.9 Å². The van der Waals surface area contributed by atoms with Crippen LogP contribution in [0.4, 0.5) is 17.2 Å². The van der Waals surface area contributed by atoms with Gasteiger partial charge in [0, 0.05) is 12.3 Å². The van der Waals surface area contributed by atoms with E-state index in [-0.39, 0.29) is 17.4 Å². The van der Waals surface area contributed by atoms with Gasteiger partial charge < -0.3 is 15.4 Å². The molecule has 2 N–H and O–H groups in total. The highest BCUT2D eigenvalue weighted by Gasteiger charge is 2.23. The van der Waals surface area contributed by atoms with Crippen LogP contribution in [0.5, 0.6) is 0 Å². The van der Waals surface area contributed by atoms with Crippen molar-refractivity contribution in [3.05, 3.63) is 48.2 Å². The molecule has 25 heavy (non-hydrogen) atoms. The second-order valence-corrected chi connectivity index (χ2v) is 7.38. The van der Waals surface area contributed by atoms with E-state index in [4.69, 9.17) is 4.74 Å². The predicted molar refractivity (Wildman–Crippen MR) is 100 cm³/mol. The first-order valence-corrected chi connectivity index (χ1v) is 8.68. The van der Waals surface area contributed by atoms with Crippen molar-refractivity contribution in [2.45, 2.75) is 45.1 Å². The first-order chi connectivity index (χ1) is 11.9. The van der Waals surface area contributed by atoms with Crippen LogP contribution >= 0.6 is 0 Å². The van der Waals surface area contributed by atoms with Crippen molar-refractivity contribution in [1.29, 1.82) is 0 Å². The van der Waals surface area contributed by atoms with Crippen LogP contribution in [0.1, 0.15) is 39.2 Å². The molecule has 1 amide bonds. The van der Waals surface area contributed by atoms with Crippen molar-refractivity contribution in [3.8, 4) is 0 Å². The van der Waals surface area contributed by atoms with Crippen molar-refractivity contribution in [3.63, 3.8) is 0 Å². The number of amides is 1. The number of benzene rings is 1. The van der Waals surface area contributed by atoms with Crippen molar-refractivity contribution in [2.24, 2.45) is 0 Å². The van der Waals surface area contributed by atoms with Gasteiger partial charge in [-0.2, -0.15) is 0 Å². The maximum atomic E-state index is 12.0. The van der Waals surface area contributed by atoms with Crippen LogP contribution in [0.25, 0.3) is 0 Å². The zero-order valence-corrected chi connectivity index (χ0v) is 15.0. The van der Waals surface area contributed by atoms with E-state index in [1.807, 2.05) is 12.1 Å². The molecule has 5 nitrogen and oxygen atoms in total. The zero-order valence-electron chi connectivity index (χ0n) is 15.0. The van der Waals surface area contributed by atoms with E-state index in [9.17, 15) is 4.79 Å². The lowest BCUT2D eigenvalue weighted by molar-refractivity contribution is -0.124. The summed E-state index contributed by atoms with van der Waals surface area (Å²) in [5.41, 5.74) is 3.09. The minimum atomic E-state index is -0.334. The van der Waals surface area contributed by atoms with Gasteiger partial charge in [-0.1, -0.05) is 32.9 Å². The fraction of sp³-hybridized carbons (Fsp3) is 0.400. The zero-order chi connectivity index (χ0) is 17.9. The number of aromatic nitrogens is 1.